The van der Waals surface area contributed by atoms with Crippen LogP contribution in [0.4, 0.5) is 5.69 Å². The molecule has 0 bridgehead atoms. The van der Waals surface area contributed by atoms with E-state index in [2.05, 4.69) is 4.98 Å². The van der Waals surface area contributed by atoms with Crippen LogP contribution in [-0.4, -0.2) is 53.9 Å². The van der Waals surface area contributed by atoms with Crippen LogP contribution in [0.3, 0.4) is 0 Å². The van der Waals surface area contributed by atoms with Crippen molar-refractivity contribution in [1.82, 2.24) is 4.98 Å². The quantitative estimate of drug-likeness (QED) is 0.144. The highest BCUT2D eigenvalue weighted by molar-refractivity contribution is 7.45. The van der Waals surface area contributed by atoms with Gasteiger partial charge in [0.2, 0.25) is 0 Å². The number of H-pyrrole nitrogens is 1. The van der Waals surface area contributed by atoms with Crippen molar-refractivity contribution in [3.63, 3.8) is 0 Å². The van der Waals surface area contributed by atoms with E-state index in [0.29, 0.717) is 0 Å². The fourth-order valence-corrected chi connectivity index (χ4v) is 1.15. The molecule has 0 saturated carbocycles. The van der Waals surface area contributed by atoms with Crippen LogP contribution in [0, 0.1) is 10.1 Å². The van der Waals surface area contributed by atoms with Crippen molar-refractivity contribution < 1.29 is 62.7 Å². The van der Waals surface area contributed by atoms with Gasteiger partial charge in [-0.05, 0) is 12.1 Å². The van der Waals surface area contributed by atoms with E-state index in [4.69, 9.17) is 57.7 Å². The summed E-state index contributed by atoms with van der Waals surface area (Å²) in [5.41, 5.74) is 1.04. The van der Waals surface area contributed by atoms with Crippen molar-refractivity contribution in [1.29, 1.82) is 0 Å². The van der Waals surface area contributed by atoms with Gasteiger partial charge in [-0.15, -0.1) is 0 Å². The lowest BCUT2D eigenvalue weighted by molar-refractivity contribution is -0.384. The van der Waals surface area contributed by atoms with Crippen molar-refractivity contribution in [3.05, 3.63) is 40.6 Å². The number of nitrogens with zero attached hydrogens (tertiary/aromatic N) is 1. The van der Waals surface area contributed by atoms with Gasteiger partial charge >= 0.3 is 23.5 Å². The first kappa shape index (κ1) is 27.7. The molecule has 0 unspecified atom stereocenters. The minimum absolute atomic E-state index is 0.127. The second-order valence-electron chi connectivity index (χ2n) is 4.05. The number of rotatable bonds is 1. The van der Waals surface area contributed by atoms with Gasteiger partial charge in [-0.3, -0.25) is 10.1 Å². The van der Waals surface area contributed by atoms with Crippen LogP contribution in [0.5, 0.6) is 0 Å². The maximum atomic E-state index is 10.4. The summed E-state index contributed by atoms with van der Waals surface area (Å²) < 4.78 is 26.6. The molecule has 0 saturated heterocycles. The predicted molar refractivity (Wildman–Crippen MR) is 87.7 cm³/mol. The highest BCUT2D eigenvalue weighted by Gasteiger charge is 2.05. The Balaban J connectivity index is 0. The summed E-state index contributed by atoms with van der Waals surface area (Å²) in [6, 6.07) is 6.54. The first-order valence-electron chi connectivity index (χ1n) is 5.84. The van der Waals surface area contributed by atoms with Crippen LogP contribution in [0.2, 0.25) is 0 Å². The lowest BCUT2D eigenvalue weighted by Crippen LogP contribution is -1.86. The first-order valence-corrected chi connectivity index (χ1v) is 10.5. The summed E-state index contributed by atoms with van der Waals surface area (Å²) in [6.07, 6.45) is 1.76. The van der Waals surface area contributed by atoms with Crippen LogP contribution < -0.4 is 0 Å². The number of phosphoric acid groups is 3. The van der Waals surface area contributed by atoms with Gasteiger partial charge in [0.25, 0.3) is 5.69 Å². The summed E-state index contributed by atoms with van der Waals surface area (Å²) in [7, 11) is -13.9. The summed E-state index contributed by atoms with van der Waals surface area (Å²) in [6.45, 7) is 0. The Hall–Kier alpha value is -1.51. The first-order chi connectivity index (χ1) is 11.8. The molecule has 16 nitrogen and oxygen atoms in total. The Labute approximate surface area is 149 Å². The van der Waals surface area contributed by atoms with E-state index in [9.17, 15) is 10.1 Å². The van der Waals surface area contributed by atoms with E-state index >= 15 is 0 Å². The molecule has 0 spiro atoms. The van der Waals surface area contributed by atoms with E-state index in [1.54, 1.807) is 18.3 Å². The third kappa shape index (κ3) is 26.8. The summed E-state index contributed by atoms with van der Waals surface area (Å²) >= 11 is 0. The van der Waals surface area contributed by atoms with Crippen molar-refractivity contribution in [2.75, 3.05) is 0 Å². The van der Waals surface area contributed by atoms with Gasteiger partial charge in [0.05, 0.1) is 4.92 Å². The molecule has 2 rings (SSSR count). The molecule has 0 atom stereocenters. The van der Waals surface area contributed by atoms with Gasteiger partial charge in [-0.2, -0.15) is 0 Å². The molecule has 1 aromatic heterocycles. The van der Waals surface area contributed by atoms with E-state index in [0.717, 1.165) is 10.9 Å². The van der Waals surface area contributed by atoms with Gasteiger partial charge in [0.15, 0.2) is 0 Å². The molecule has 1 heterocycles. The number of aromatic nitrogens is 1. The number of fused-ring (bicyclic) bond motifs is 1. The van der Waals surface area contributed by atoms with Crippen molar-refractivity contribution in [2.45, 2.75) is 0 Å². The maximum absolute atomic E-state index is 10.4. The molecule has 19 heteroatoms. The molecule has 1 aromatic carbocycles. The lowest BCUT2D eigenvalue weighted by Gasteiger charge is -1.90. The number of aromatic amines is 1. The zero-order valence-corrected chi connectivity index (χ0v) is 15.4. The molecule has 0 aliphatic rings. The number of hydrogen-bond donors (Lipinski definition) is 10. The molecule has 0 aliphatic carbocycles. The Bertz CT molecular complexity index is 790. The average molecular weight is 456 g/mol. The second kappa shape index (κ2) is 11.4. The van der Waals surface area contributed by atoms with Crippen LogP contribution in [-0.2, 0) is 13.7 Å². The fraction of sp³-hybridized carbons (Fsp3) is 0. The Kier molecular flexibility index (Phi) is 11.7. The SMILES string of the molecule is O=P(O)(O)O.O=P(O)(O)O.O=P(O)(O)O.O=[N+]([O-])c1ccc2[nH]ccc2c1. The summed E-state index contributed by atoms with van der Waals surface area (Å²) in [4.78, 5) is 77.6. The normalized spacial score (nSPS) is 11.1. The topological polar surface area (TPSA) is 292 Å². The van der Waals surface area contributed by atoms with Crippen molar-refractivity contribution >= 4 is 40.1 Å². The molecule has 0 fully saturated rings. The molecule has 2 aromatic rings. The van der Waals surface area contributed by atoms with Gasteiger partial charge < -0.3 is 49.0 Å². The zero-order valence-electron chi connectivity index (χ0n) is 12.7. The third-order valence-corrected chi connectivity index (χ3v) is 1.75. The predicted octanol–water partition coefficient (Wildman–Crippen LogP) is -0.710. The van der Waals surface area contributed by atoms with Crippen molar-refractivity contribution in [2.24, 2.45) is 0 Å². The van der Waals surface area contributed by atoms with E-state index in [1.807, 2.05) is 6.07 Å². The third-order valence-electron chi connectivity index (χ3n) is 1.75. The van der Waals surface area contributed by atoms with E-state index in [-0.39, 0.29) is 5.69 Å². The smallest absolute Gasteiger partial charge is 0.361 e. The van der Waals surface area contributed by atoms with Gasteiger partial charge in [0, 0.05) is 29.2 Å². The van der Waals surface area contributed by atoms with Crippen LogP contribution in [0.25, 0.3) is 10.9 Å². The summed E-state index contributed by atoms with van der Waals surface area (Å²) in [5.74, 6) is 0. The molecule has 10 N–H and O–H groups in total. The minimum Gasteiger partial charge on any atom is -0.361 e. The fourth-order valence-electron chi connectivity index (χ4n) is 1.15. The molecular weight excluding hydrogens is 441 g/mol. The van der Waals surface area contributed by atoms with Crippen LogP contribution in [0.1, 0.15) is 0 Å². The van der Waals surface area contributed by atoms with Gasteiger partial charge in [-0.1, -0.05) is 0 Å². The zero-order chi connectivity index (χ0) is 22.1. The molecule has 0 aliphatic heterocycles. The van der Waals surface area contributed by atoms with Crippen LogP contribution in [0.15, 0.2) is 30.5 Å². The number of non-ortho nitro benzene ring substituents is 1. The Morgan fingerprint density at radius 1 is 0.778 bits per heavy atom. The number of hydrogen-bond acceptors (Lipinski definition) is 5. The Morgan fingerprint density at radius 2 is 1.15 bits per heavy atom. The van der Waals surface area contributed by atoms with Gasteiger partial charge in [0.1, 0.15) is 0 Å². The Morgan fingerprint density at radius 3 is 1.48 bits per heavy atom. The lowest BCUT2D eigenvalue weighted by atomic mass is 10.2. The number of nitro groups is 1. The second-order valence-corrected chi connectivity index (χ2v) is 7.13. The van der Waals surface area contributed by atoms with Crippen LogP contribution >= 0.6 is 23.5 Å². The number of benzene rings is 1. The summed E-state index contributed by atoms with van der Waals surface area (Å²) in [5, 5.41) is 11.2. The standard InChI is InChI=1S/C8H6N2O2.3H3O4P/c11-10(12)7-1-2-8-6(5-7)3-4-9-8;3*1-5(2,3)4/h1-5,9H;3*(H3,1,2,3,4). The highest BCUT2D eigenvalue weighted by atomic mass is 31.2. The van der Waals surface area contributed by atoms with Crippen molar-refractivity contribution in [3.8, 4) is 0 Å². The molecule has 156 valence electrons. The number of nitro benzene ring substituents is 1. The monoisotopic (exact) mass is 456 g/mol. The largest absolute Gasteiger partial charge is 0.466 e. The highest BCUT2D eigenvalue weighted by Crippen LogP contribution is 2.26. The molecule has 0 radical (unpaired) electrons. The van der Waals surface area contributed by atoms with E-state index in [1.165, 1.54) is 6.07 Å². The van der Waals surface area contributed by atoms with E-state index < -0.39 is 28.4 Å². The molecular formula is C8H15N2O14P3. The van der Waals surface area contributed by atoms with Gasteiger partial charge in [-0.25, -0.2) is 13.7 Å². The molecule has 27 heavy (non-hydrogen) atoms. The maximum Gasteiger partial charge on any atom is 0.466 e. The molecule has 0 amide bonds. The average Bonchev–Trinajstić information content (AvgIpc) is 2.79. The number of nitrogens with one attached hydrogen (secondary N) is 1. The minimum atomic E-state index is -4.64.